The molecule has 3 rings (SSSR count). The summed E-state index contributed by atoms with van der Waals surface area (Å²) < 4.78 is 61.6. The summed E-state index contributed by atoms with van der Waals surface area (Å²) in [6, 6.07) is 12.8. The van der Waals surface area contributed by atoms with Gasteiger partial charge in [0.2, 0.25) is 10.0 Å². The summed E-state index contributed by atoms with van der Waals surface area (Å²) >= 11 is 6.19. The fraction of sp³-hybridized carbons (Fsp3) is 0.240. The molecule has 0 spiro atoms. The van der Waals surface area contributed by atoms with Gasteiger partial charge >= 0.3 is 0 Å². The molecule has 0 fully saturated rings. The highest BCUT2D eigenvalue weighted by Crippen LogP contribution is 2.30. The number of amides is 1. The predicted molar refractivity (Wildman–Crippen MR) is 145 cm³/mol. The molecule has 0 aromatic heterocycles. The van der Waals surface area contributed by atoms with Gasteiger partial charge in [0.25, 0.3) is 15.9 Å². The summed E-state index contributed by atoms with van der Waals surface area (Å²) in [4.78, 5) is 12.7. The van der Waals surface area contributed by atoms with Crippen LogP contribution in [0.2, 0.25) is 5.02 Å². The molecule has 0 bridgehead atoms. The van der Waals surface area contributed by atoms with Crippen LogP contribution in [0.5, 0.6) is 5.75 Å². The highest BCUT2D eigenvalue weighted by atomic mass is 35.5. The Kier molecular flexibility index (Phi) is 8.53. The Morgan fingerprint density at radius 2 is 1.59 bits per heavy atom. The number of nitrogens with one attached hydrogen (secondary N) is 3. The van der Waals surface area contributed by atoms with Crippen molar-refractivity contribution in [3.63, 3.8) is 0 Å². The molecule has 3 N–H and O–H groups in total. The van der Waals surface area contributed by atoms with E-state index >= 15 is 0 Å². The van der Waals surface area contributed by atoms with Crippen molar-refractivity contribution in [2.45, 2.75) is 43.5 Å². The lowest BCUT2D eigenvalue weighted by atomic mass is 10.1. The second kappa shape index (κ2) is 11.1. The molecule has 0 aliphatic rings. The molecular weight excluding hydrogens is 538 g/mol. The smallest absolute Gasteiger partial charge is 0.263 e. The van der Waals surface area contributed by atoms with Crippen molar-refractivity contribution in [3.05, 3.63) is 76.3 Å². The quantitative estimate of drug-likeness (QED) is 0.344. The van der Waals surface area contributed by atoms with Crippen LogP contribution in [0.15, 0.2) is 64.4 Å². The zero-order chi connectivity index (χ0) is 27.5. The first kappa shape index (κ1) is 28.5. The van der Waals surface area contributed by atoms with Gasteiger partial charge in [0.05, 0.1) is 28.4 Å². The Bertz CT molecular complexity index is 1550. The fourth-order valence-corrected chi connectivity index (χ4v) is 6.44. The monoisotopic (exact) mass is 565 g/mol. The molecule has 0 unspecified atom stereocenters. The minimum atomic E-state index is -4.13. The van der Waals surface area contributed by atoms with Crippen LogP contribution in [-0.4, -0.2) is 35.9 Å². The van der Waals surface area contributed by atoms with Gasteiger partial charge in [0.15, 0.2) is 0 Å². The Morgan fingerprint density at radius 1 is 0.892 bits per heavy atom. The zero-order valence-electron chi connectivity index (χ0n) is 20.9. The van der Waals surface area contributed by atoms with Gasteiger partial charge in [-0.2, -0.15) is 0 Å². The van der Waals surface area contributed by atoms with Crippen molar-refractivity contribution in [2.75, 3.05) is 17.1 Å². The summed E-state index contributed by atoms with van der Waals surface area (Å²) in [6.07, 6.45) is 0. The van der Waals surface area contributed by atoms with Crippen molar-refractivity contribution >= 4 is 48.9 Å². The number of carbonyl (C=O) groups excluding carboxylic acids is 1. The van der Waals surface area contributed by atoms with Gasteiger partial charge in [-0.25, -0.2) is 21.6 Å². The number of hydrogen-bond acceptors (Lipinski definition) is 6. The maximum absolute atomic E-state index is 13.1. The number of hydrogen-bond donors (Lipinski definition) is 3. The summed E-state index contributed by atoms with van der Waals surface area (Å²) in [5.41, 5.74) is 2.16. The number of carbonyl (C=O) groups is 1. The highest BCUT2D eigenvalue weighted by molar-refractivity contribution is 7.92. The molecule has 12 heteroatoms. The average molecular weight is 566 g/mol. The maximum atomic E-state index is 13.1. The third kappa shape index (κ3) is 6.80. The van der Waals surface area contributed by atoms with E-state index in [2.05, 4.69) is 14.8 Å². The average Bonchev–Trinajstić information content (AvgIpc) is 2.80. The first-order valence-electron chi connectivity index (χ1n) is 11.1. The van der Waals surface area contributed by atoms with E-state index in [9.17, 15) is 21.6 Å². The maximum Gasteiger partial charge on any atom is 0.263 e. The van der Waals surface area contributed by atoms with Crippen molar-refractivity contribution < 1.29 is 26.4 Å². The summed E-state index contributed by atoms with van der Waals surface area (Å²) in [6.45, 7) is 7.04. The van der Waals surface area contributed by atoms with Crippen LogP contribution in [0.25, 0.3) is 0 Å². The first-order valence-corrected chi connectivity index (χ1v) is 14.5. The molecule has 198 valence electrons. The molecule has 0 aliphatic carbocycles. The molecule has 0 atom stereocenters. The number of ether oxygens (including phenoxy) is 1. The number of sulfonamides is 2. The van der Waals surface area contributed by atoms with Crippen LogP contribution < -0.4 is 19.5 Å². The van der Waals surface area contributed by atoms with Gasteiger partial charge in [-0.3, -0.25) is 9.52 Å². The highest BCUT2D eigenvalue weighted by Gasteiger charge is 2.23. The second-order valence-electron chi connectivity index (χ2n) is 8.66. The lowest BCUT2D eigenvalue weighted by Gasteiger charge is -2.15. The van der Waals surface area contributed by atoms with E-state index in [0.29, 0.717) is 5.69 Å². The van der Waals surface area contributed by atoms with E-state index in [0.717, 1.165) is 17.2 Å². The third-order valence-electron chi connectivity index (χ3n) is 5.23. The number of halogens is 1. The minimum Gasteiger partial charge on any atom is -0.495 e. The number of methoxy groups -OCH3 is 1. The van der Waals surface area contributed by atoms with E-state index in [-0.39, 0.29) is 37.9 Å². The molecule has 3 aromatic carbocycles. The largest absolute Gasteiger partial charge is 0.495 e. The lowest BCUT2D eigenvalue weighted by Crippen LogP contribution is -2.30. The molecule has 0 saturated carbocycles. The molecule has 9 nitrogen and oxygen atoms in total. The van der Waals surface area contributed by atoms with Crippen LogP contribution >= 0.6 is 11.6 Å². The minimum absolute atomic E-state index is 0.0129. The van der Waals surface area contributed by atoms with Gasteiger partial charge in [0, 0.05) is 11.6 Å². The van der Waals surface area contributed by atoms with Gasteiger partial charge in [-0.15, -0.1) is 0 Å². The summed E-state index contributed by atoms with van der Waals surface area (Å²) in [5.74, 6) is -0.473. The predicted octanol–water partition coefficient (Wildman–Crippen LogP) is 4.71. The van der Waals surface area contributed by atoms with E-state index in [1.54, 1.807) is 32.9 Å². The van der Waals surface area contributed by atoms with E-state index < -0.39 is 26.0 Å². The second-order valence-corrected chi connectivity index (χ2v) is 12.4. The van der Waals surface area contributed by atoms with E-state index in [4.69, 9.17) is 16.3 Å². The lowest BCUT2D eigenvalue weighted by molar-refractivity contribution is 0.102. The van der Waals surface area contributed by atoms with E-state index in [1.807, 2.05) is 13.0 Å². The first-order chi connectivity index (χ1) is 17.2. The normalized spacial score (nSPS) is 11.9. The molecule has 3 aromatic rings. The molecule has 0 aliphatic heterocycles. The van der Waals surface area contributed by atoms with Crippen molar-refractivity contribution in [3.8, 4) is 5.75 Å². The van der Waals surface area contributed by atoms with Crippen LogP contribution in [0.4, 0.5) is 11.4 Å². The number of benzene rings is 3. The topological polar surface area (TPSA) is 131 Å². The van der Waals surface area contributed by atoms with E-state index in [1.165, 1.54) is 37.4 Å². The number of rotatable bonds is 9. The van der Waals surface area contributed by atoms with Crippen LogP contribution in [0, 0.1) is 13.8 Å². The van der Waals surface area contributed by atoms with Crippen molar-refractivity contribution in [2.24, 2.45) is 0 Å². The van der Waals surface area contributed by atoms with Gasteiger partial charge in [-0.1, -0.05) is 29.3 Å². The standard InChI is InChI=1S/C25H28ClN3O6S2/c1-15(2)28-36(31,32)19-8-11-23(35-5)22(14-19)27-25(30)18-7-9-20(26)24(13-18)37(33,34)29-21-10-6-16(3)12-17(21)4/h6-15,28-29H,1-5H3,(H,27,30). The Morgan fingerprint density at radius 3 is 2.22 bits per heavy atom. The molecule has 0 heterocycles. The molecule has 37 heavy (non-hydrogen) atoms. The van der Waals surface area contributed by atoms with Crippen molar-refractivity contribution in [1.29, 1.82) is 0 Å². The SMILES string of the molecule is COc1ccc(S(=O)(=O)NC(C)C)cc1NC(=O)c1ccc(Cl)c(S(=O)(=O)Nc2ccc(C)cc2C)c1. The van der Waals surface area contributed by atoms with Crippen molar-refractivity contribution in [1.82, 2.24) is 4.72 Å². The molecular formula is C25H28ClN3O6S2. The van der Waals surface area contributed by atoms with Gasteiger partial charge in [-0.05, 0) is 75.7 Å². The Balaban J connectivity index is 1.94. The fourth-order valence-electron chi connectivity index (χ4n) is 3.50. The molecule has 1 amide bonds. The van der Waals surface area contributed by atoms with Gasteiger partial charge in [0.1, 0.15) is 10.6 Å². The summed E-state index contributed by atoms with van der Waals surface area (Å²) in [7, 11) is -6.60. The Hall–Kier alpha value is -3.12. The zero-order valence-corrected chi connectivity index (χ0v) is 23.3. The number of aryl methyl sites for hydroxylation is 2. The van der Waals surface area contributed by atoms with Crippen LogP contribution in [0.3, 0.4) is 0 Å². The molecule has 0 radical (unpaired) electrons. The molecule has 0 saturated heterocycles. The summed E-state index contributed by atoms with van der Waals surface area (Å²) in [5, 5.41) is 2.52. The third-order valence-corrected chi connectivity index (χ3v) is 8.73. The van der Waals surface area contributed by atoms with Crippen LogP contribution in [-0.2, 0) is 20.0 Å². The number of anilines is 2. The van der Waals surface area contributed by atoms with Crippen LogP contribution in [0.1, 0.15) is 35.3 Å². The van der Waals surface area contributed by atoms with Gasteiger partial charge < -0.3 is 10.1 Å². The Labute approximate surface area is 222 Å².